The highest BCUT2D eigenvalue weighted by atomic mass is 32.2. The minimum absolute atomic E-state index is 0.145. The summed E-state index contributed by atoms with van der Waals surface area (Å²) in [5.41, 5.74) is -0.146. The molecule has 1 saturated heterocycles. The van der Waals surface area contributed by atoms with Crippen LogP contribution in [-0.2, 0) is 4.79 Å². The Morgan fingerprint density at radius 3 is 2.62 bits per heavy atom. The first-order chi connectivity index (χ1) is 9.86. The monoisotopic (exact) mass is 315 g/mol. The van der Waals surface area contributed by atoms with E-state index in [1.165, 1.54) is 23.6 Å². The largest absolute Gasteiger partial charge is 0.480 e. The average molecular weight is 315 g/mol. The van der Waals surface area contributed by atoms with Crippen molar-refractivity contribution >= 4 is 23.6 Å². The van der Waals surface area contributed by atoms with E-state index in [1.54, 1.807) is 0 Å². The lowest BCUT2D eigenvalue weighted by Gasteiger charge is -2.27. The van der Waals surface area contributed by atoms with Gasteiger partial charge in [0.15, 0.2) is 0 Å². The molecule has 1 aliphatic heterocycles. The second-order valence-electron chi connectivity index (χ2n) is 4.84. The lowest BCUT2D eigenvalue weighted by molar-refractivity contribution is -0.141. The van der Waals surface area contributed by atoms with Gasteiger partial charge in [-0.15, -0.1) is 11.8 Å². The van der Waals surface area contributed by atoms with E-state index < -0.39 is 29.6 Å². The van der Waals surface area contributed by atoms with E-state index in [0.29, 0.717) is 12.5 Å². The van der Waals surface area contributed by atoms with Crippen LogP contribution < -0.4 is 0 Å². The molecule has 2 unspecified atom stereocenters. The number of carboxylic acid groups (broad SMARTS) is 1. The van der Waals surface area contributed by atoms with Crippen molar-refractivity contribution in [3.05, 3.63) is 34.9 Å². The van der Waals surface area contributed by atoms with Crippen LogP contribution in [0.15, 0.2) is 12.1 Å². The van der Waals surface area contributed by atoms with Gasteiger partial charge in [-0.1, -0.05) is 6.92 Å². The van der Waals surface area contributed by atoms with E-state index in [2.05, 4.69) is 0 Å². The Balaban J connectivity index is 2.41. The van der Waals surface area contributed by atoms with Gasteiger partial charge < -0.3 is 10.0 Å². The first-order valence-corrected chi connectivity index (χ1v) is 7.54. The maximum atomic E-state index is 13.9. The van der Waals surface area contributed by atoms with E-state index >= 15 is 0 Å². The van der Waals surface area contributed by atoms with Gasteiger partial charge in [0.1, 0.15) is 17.7 Å². The highest BCUT2D eigenvalue weighted by Gasteiger charge is 2.41. The van der Waals surface area contributed by atoms with Crippen molar-refractivity contribution in [2.24, 2.45) is 0 Å². The Bertz CT molecular complexity index is 594. The standard InChI is InChI=1S/C14H15F2NO3S/c1-3-12-17(11(6-21-12)14(19)20)13(18)8-4-7(2)9(15)5-10(8)16/h4-5,11-12H,3,6H2,1-2H3,(H,19,20). The Morgan fingerprint density at radius 1 is 1.38 bits per heavy atom. The molecule has 0 saturated carbocycles. The van der Waals surface area contributed by atoms with Gasteiger partial charge in [-0.3, -0.25) is 4.79 Å². The minimum atomic E-state index is -1.12. The van der Waals surface area contributed by atoms with Crippen LogP contribution in [0.1, 0.15) is 29.3 Å². The van der Waals surface area contributed by atoms with Crippen LogP contribution in [0.25, 0.3) is 0 Å². The molecule has 1 fully saturated rings. The third kappa shape index (κ3) is 2.88. The Hall–Kier alpha value is -1.63. The second kappa shape index (κ2) is 6.01. The van der Waals surface area contributed by atoms with E-state index in [9.17, 15) is 23.5 Å². The Labute approximate surface area is 125 Å². The molecule has 4 nitrogen and oxygen atoms in total. The quantitative estimate of drug-likeness (QED) is 0.931. The lowest BCUT2D eigenvalue weighted by atomic mass is 10.1. The normalized spacial score (nSPS) is 21.6. The summed E-state index contributed by atoms with van der Waals surface area (Å²) in [7, 11) is 0. The van der Waals surface area contributed by atoms with Gasteiger partial charge in [0.2, 0.25) is 0 Å². The van der Waals surface area contributed by atoms with Crippen molar-refractivity contribution in [3.63, 3.8) is 0 Å². The second-order valence-corrected chi connectivity index (χ2v) is 6.05. The number of hydrogen-bond donors (Lipinski definition) is 1. The number of hydrogen-bond acceptors (Lipinski definition) is 3. The van der Waals surface area contributed by atoms with Crippen LogP contribution in [0.4, 0.5) is 8.78 Å². The number of thioether (sulfide) groups is 1. The first kappa shape index (κ1) is 15.8. The fourth-order valence-corrected chi connectivity index (χ4v) is 3.65. The van der Waals surface area contributed by atoms with Crippen LogP contribution in [-0.4, -0.2) is 39.1 Å². The summed E-state index contributed by atoms with van der Waals surface area (Å²) < 4.78 is 27.1. The molecule has 0 bridgehead atoms. The van der Waals surface area contributed by atoms with Gasteiger partial charge in [0.05, 0.1) is 10.9 Å². The number of carbonyl (C=O) groups excluding carboxylic acids is 1. The molecule has 1 aromatic carbocycles. The highest BCUT2D eigenvalue weighted by molar-refractivity contribution is 8.00. The topological polar surface area (TPSA) is 57.6 Å². The summed E-state index contributed by atoms with van der Waals surface area (Å²) >= 11 is 1.35. The Kier molecular flexibility index (Phi) is 4.51. The summed E-state index contributed by atoms with van der Waals surface area (Å²) in [5, 5.41) is 8.88. The van der Waals surface area contributed by atoms with Gasteiger partial charge in [0.25, 0.3) is 5.91 Å². The molecule has 0 radical (unpaired) electrons. The maximum Gasteiger partial charge on any atom is 0.327 e. The number of benzene rings is 1. The van der Waals surface area contributed by atoms with Gasteiger partial charge >= 0.3 is 5.97 Å². The lowest BCUT2D eigenvalue weighted by Crippen LogP contribution is -2.45. The van der Waals surface area contributed by atoms with Crippen molar-refractivity contribution in [3.8, 4) is 0 Å². The maximum absolute atomic E-state index is 13.9. The van der Waals surface area contributed by atoms with Crippen LogP contribution in [0.2, 0.25) is 0 Å². The molecule has 114 valence electrons. The minimum Gasteiger partial charge on any atom is -0.480 e. The zero-order chi connectivity index (χ0) is 15.7. The summed E-state index contributed by atoms with van der Waals surface area (Å²) in [4.78, 5) is 24.9. The molecular formula is C14H15F2NO3S. The number of amides is 1. The number of aliphatic carboxylic acids is 1. The summed E-state index contributed by atoms with van der Waals surface area (Å²) in [6.07, 6.45) is 0.558. The molecule has 1 aliphatic rings. The number of aryl methyl sites for hydroxylation is 1. The smallest absolute Gasteiger partial charge is 0.327 e. The molecule has 2 atom stereocenters. The van der Waals surface area contributed by atoms with Gasteiger partial charge in [-0.2, -0.15) is 0 Å². The predicted molar refractivity (Wildman–Crippen MR) is 75.2 cm³/mol. The fraction of sp³-hybridized carbons (Fsp3) is 0.429. The van der Waals surface area contributed by atoms with E-state index in [4.69, 9.17) is 0 Å². The van der Waals surface area contributed by atoms with Crippen LogP contribution in [0, 0.1) is 18.6 Å². The molecule has 7 heteroatoms. The summed E-state index contributed by atoms with van der Waals surface area (Å²) in [6.45, 7) is 3.25. The average Bonchev–Trinajstić information content (AvgIpc) is 2.86. The van der Waals surface area contributed by atoms with Crippen LogP contribution in [0.3, 0.4) is 0 Å². The number of halogens is 2. The zero-order valence-corrected chi connectivity index (χ0v) is 12.4. The van der Waals surface area contributed by atoms with Gasteiger partial charge in [0, 0.05) is 11.8 Å². The van der Waals surface area contributed by atoms with Crippen LogP contribution in [0.5, 0.6) is 0 Å². The van der Waals surface area contributed by atoms with Crippen molar-refractivity contribution < 1.29 is 23.5 Å². The molecule has 0 aromatic heterocycles. The fourth-order valence-electron chi connectivity index (χ4n) is 2.30. The molecule has 1 aromatic rings. The van der Waals surface area contributed by atoms with Crippen molar-refractivity contribution in [2.45, 2.75) is 31.7 Å². The van der Waals surface area contributed by atoms with Crippen molar-refractivity contribution in [2.75, 3.05) is 5.75 Å². The van der Waals surface area contributed by atoms with E-state index in [1.807, 2.05) is 6.92 Å². The first-order valence-electron chi connectivity index (χ1n) is 6.49. The van der Waals surface area contributed by atoms with E-state index in [-0.39, 0.29) is 22.3 Å². The molecule has 1 heterocycles. The number of carboxylic acids is 1. The molecule has 1 amide bonds. The van der Waals surface area contributed by atoms with Crippen LogP contribution >= 0.6 is 11.8 Å². The number of nitrogens with zero attached hydrogens (tertiary/aromatic N) is 1. The zero-order valence-electron chi connectivity index (χ0n) is 11.6. The van der Waals surface area contributed by atoms with Crippen molar-refractivity contribution in [1.29, 1.82) is 0 Å². The molecule has 0 spiro atoms. The third-order valence-electron chi connectivity index (χ3n) is 3.44. The predicted octanol–water partition coefficient (Wildman–Crippen LogP) is 2.65. The van der Waals surface area contributed by atoms with Crippen molar-refractivity contribution in [1.82, 2.24) is 4.90 Å². The number of carbonyl (C=O) groups is 2. The van der Waals surface area contributed by atoms with Gasteiger partial charge in [-0.05, 0) is 25.0 Å². The highest BCUT2D eigenvalue weighted by Crippen LogP contribution is 2.33. The third-order valence-corrected chi connectivity index (χ3v) is 4.89. The molecular weight excluding hydrogens is 300 g/mol. The summed E-state index contributed by atoms with van der Waals surface area (Å²) in [6, 6.07) is 0.793. The summed E-state index contributed by atoms with van der Waals surface area (Å²) in [5.74, 6) is -3.27. The Morgan fingerprint density at radius 2 is 2.05 bits per heavy atom. The van der Waals surface area contributed by atoms with E-state index in [0.717, 1.165) is 6.07 Å². The number of rotatable bonds is 3. The molecule has 2 rings (SSSR count). The van der Waals surface area contributed by atoms with Gasteiger partial charge in [-0.25, -0.2) is 13.6 Å². The molecule has 21 heavy (non-hydrogen) atoms. The molecule has 1 N–H and O–H groups in total. The SMILES string of the molecule is CCC1SCC(C(=O)O)N1C(=O)c1cc(C)c(F)cc1F. The molecule has 0 aliphatic carbocycles.